The van der Waals surface area contributed by atoms with Gasteiger partial charge in [-0.2, -0.15) is 0 Å². The molecule has 2 amide bonds. The summed E-state index contributed by atoms with van der Waals surface area (Å²) in [6, 6.07) is 16.7. The molecule has 0 radical (unpaired) electrons. The van der Waals surface area contributed by atoms with E-state index < -0.39 is 0 Å². The molecule has 0 bridgehead atoms. The summed E-state index contributed by atoms with van der Waals surface area (Å²) in [6.07, 6.45) is 18.7. The van der Waals surface area contributed by atoms with Crippen LogP contribution in [0.25, 0.3) is 0 Å². The highest BCUT2D eigenvalue weighted by molar-refractivity contribution is 6.02. The fourth-order valence-corrected chi connectivity index (χ4v) is 6.99. The molecule has 7 nitrogen and oxygen atoms in total. The van der Waals surface area contributed by atoms with Gasteiger partial charge in [-0.15, -0.1) is 0 Å². The van der Waals surface area contributed by atoms with Crippen LogP contribution in [0, 0.1) is 5.92 Å². The number of unbranched alkanes of at least 4 members (excludes halogenated alkanes) is 10. The molecule has 0 atom stereocenters. The van der Waals surface area contributed by atoms with Crippen LogP contribution in [0.5, 0.6) is 0 Å². The maximum atomic E-state index is 13.6. The second kappa shape index (κ2) is 21.9. The Bertz CT molecular complexity index is 1160. The van der Waals surface area contributed by atoms with Gasteiger partial charge in [-0.05, 0) is 68.3 Å². The third kappa shape index (κ3) is 14.0. The number of carbonyl (C=O) groups is 2. The minimum absolute atomic E-state index is 0.0345. The molecule has 4 rings (SSSR count). The number of carbonyl (C=O) groups excluding carboxylic acids is 2. The van der Waals surface area contributed by atoms with Crippen LogP contribution in [-0.2, 0) is 16.0 Å². The minimum atomic E-state index is -0.0603. The number of amides is 2. The molecule has 2 aromatic rings. The van der Waals surface area contributed by atoms with Crippen LogP contribution in [0.15, 0.2) is 48.5 Å². The van der Waals surface area contributed by atoms with Crippen molar-refractivity contribution in [2.75, 3.05) is 62.7 Å². The Balaban J connectivity index is 1.25. The van der Waals surface area contributed by atoms with Gasteiger partial charge in [-0.3, -0.25) is 14.5 Å². The van der Waals surface area contributed by atoms with Crippen molar-refractivity contribution in [1.82, 2.24) is 10.2 Å². The molecule has 0 aromatic heterocycles. The van der Waals surface area contributed by atoms with Gasteiger partial charge in [0.1, 0.15) is 0 Å². The zero-order valence-corrected chi connectivity index (χ0v) is 29.3. The van der Waals surface area contributed by atoms with Crippen molar-refractivity contribution in [1.29, 1.82) is 0 Å². The Morgan fingerprint density at radius 3 is 2.13 bits per heavy atom. The predicted octanol–water partition coefficient (Wildman–Crippen LogP) is 8.24. The van der Waals surface area contributed by atoms with Crippen LogP contribution >= 0.6 is 0 Å². The number of ether oxygens (including phenoxy) is 1. The van der Waals surface area contributed by atoms with E-state index in [0.29, 0.717) is 30.1 Å². The predicted molar refractivity (Wildman–Crippen MR) is 195 cm³/mol. The number of nitrogens with one attached hydrogen (secondary N) is 2. The molecule has 2 aliphatic heterocycles. The van der Waals surface area contributed by atoms with E-state index in [1.807, 2.05) is 18.2 Å². The van der Waals surface area contributed by atoms with E-state index in [2.05, 4.69) is 57.7 Å². The molecule has 2 heterocycles. The molecule has 2 aromatic carbocycles. The van der Waals surface area contributed by atoms with E-state index in [4.69, 9.17) is 4.74 Å². The zero-order valence-electron chi connectivity index (χ0n) is 29.3. The standard InChI is InChI=1S/C40H62N4O3/c1-2-3-4-5-6-7-8-9-10-11-15-19-39(45)42-36-20-21-38(44-26-22-35(23-27-44)32-34-17-13-12-14-18-34)37(33-36)40(46)41-24-16-25-43-28-30-47-31-29-43/h12-14,17-18,20-21,33,35H,2-11,15-16,19,22-32H2,1H3,(H,41,46)(H,42,45). The lowest BCUT2D eigenvalue weighted by Crippen LogP contribution is -2.38. The first-order valence-corrected chi connectivity index (χ1v) is 18.9. The van der Waals surface area contributed by atoms with Gasteiger partial charge in [-0.25, -0.2) is 0 Å². The Labute approximate surface area is 285 Å². The van der Waals surface area contributed by atoms with E-state index >= 15 is 0 Å². The molecule has 2 saturated heterocycles. The van der Waals surface area contributed by atoms with Gasteiger partial charge < -0.3 is 20.3 Å². The molecule has 0 unspecified atom stereocenters. The quantitative estimate of drug-likeness (QED) is 0.134. The topological polar surface area (TPSA) is 73.9 Å². The van der Waals surface area contributed by atoms with Gasteiger partial charge in [0.25, 0.3) is 5.91 Å². The summed E-state index contributed by atoms with van der Waals surface area (Å²) >= 11 is 0. The lowest BCUT2D eigenvalue weighted by molar-refractivity contribution is -0.116. The Hall–Kier alpha value is -2.90. The summed E-state index contributed by atoms with van der Waals surface area (Å²) in [5.41, 5.74) is 3.73. The first kappa shape index (κ1) is 36.9. The van der Waals surface area contributed by atoms with Crippen LogP contribution in [0.1, 0.15) is 119 Å². The number of rotatable bonds is 21. The van der Waals surface area contributed by atoms with Crippen molar-refractivity contribution >= 4 is 23.2 Å². The van der Waals surface area contributed by atoms with Crippen molar-refractivity contribution < 1.29 is 14.3 Å². The van der Waals surface area contributed by atoms with Crippen molar-refractivity contribution in [2.45, 2.75) is 110 Å². The molecule has 2 fully saturated rings. The van der Waals surface area contributed by atoms with Gasteiger partial charge >= 0.3 is 0 Å². The summed E-state index contributed by atoms with van der Waals surface area (Å²) in [4.78, 5) is 31.2. The van der Waals surface area contributed by atoms with Crippen LogP contribution in [-0.4, -0.2) is 69.2 Å². The summed E-state index contributed by atoms with van der Waals surface area (Å²) < 4.78 is 5.46. The smallest absolute Gasteiger partial charge is 0.253 e. The lowest BCUT2D eigenvalue weighted by Gasteiger charge is -2.35. The third-order valence-electron chi connectivity index (χ3n) is 9.90. The molecular formula is C40H62N4O3. The van der Waals surface area contributed by atoms with Gasteiger partial charge in [0.2, 0.25) is 5.91 Å². The van der Waals surface area contributed by atoms with Crippen LogP contribution in [0.3, 0.4) is 0 Å². The van der Waals surface area contributed by atoms with E-state index in [-0.39, 0.29) is 11.8 Å². The Morgan fingerprint density at radius 1 is 0.787 bits per heavy atom. The molecule has 2 aliphatic rings. The van der Waals surface area contributed by atoms with Crippen molar-refractivity contribution in [3.8, 4) is 0 Å². The van der Waals surface area contributed by atoms with E-state index in [0.717, 1.165) is 90.1 Å². The molecule has 260 valence electrons. The summed E-state index contributed by atoms with van der Waals surface area (Å²) in [6.45, 7) is 9.20. The summed E-state index contributed by atoms with van der Waals surface area (Å²) in [5.74, 6) is 0.627. The van der Waals surface area contributed by atoms with Crippen LogP contribution in [0.2, 0.25) is 0 Å². The molecule has 0 saturated carbocycles. The number of nitrogens with zero attached hydrogens (tertiary/aromatic N) is 2. The second-order valence-electron chi connectivity index (χ2n) is 13.7. The first-order chi connectivity index (χ1) is 23.1. The van der Waals surface area contributed by atoms with Crippen molar-refractivity contribution in [3.63, 3.8) is 0 Å². The minimum Gasteiger partial charge on any atom is -0.379 e. The monoisotopic (exact) mass is 646 g/mol. The third-order valence-corrected chi connectivity index (χ3v) is 9.90. The zero-order chi connectivity index (χ0) is 32.9. The fourth-order valence-electron chi connectivity index (χ4n) is 6.99. The van der Waals surface area contributed by atoms with Crippen molar-refractivity contribution in [3.05, 3.63) is 59.7 Å². The number of benzene rings is 2. The lowest BCUT2D eigenvalue weighted by atomic mass is 9.89. The van der Waals surface area contributed by atoms with E-state index in [1.54, 1.807) is 0 Å². The molecule has 0 aliphatic carbocycles. The number of piperidine rings is 1. The summed E-state index contributed by atoms with van der Waals surface area (Å²) in [7, 11) is 0. The molecule has 0 spiro atoms. The van der Waals surface area contributed by atoms with Crippen LogP contribution in [0.4, 0.5) is 11.4 Å². The average molecular weight is 647 g/mol. The number of anilines is 2. The van der Waals surface area contributed by atoms with Gasteiger partial charge in [-0.1, -0.05) is 101 Å². The average Bonchev–Trinajstić information content (AvgIpc) is 3.10. The molecule has 2 N–H and O–H groups in total. The van der Waals surface area contributed by atoms with Crippen molar-refractivity contribution in [2.24, 2.45) is 5.92 Å². The maximum absolute atomic E-state index is 13.6. The number of hydrogen-bond donors (Lipinski definition) is 2. The van der Waals surface area contributed by atoms with E-state index in [9.17, 15) is 9.59 Å². The fraction of sp³-hybridized carbons (Fsp3) is 0.650. The Morgan fingerprint density at radius 2 is 1.45 bits per heavy atom. The number of hydrogen-bond acceptors (Lipinski definition) is 5. The highest BCUT2D eigenvalue weighted by Gasteiger charge is 2.24. The summed E-state index contributed by atoms with van der Waals surface area (Å²) in [5, 5.41) is 6.27. The van der Waals surface area contributed by atoms with E-state index in [1.165, 1.54) is 63.4 Å². The first-order valence-electron chi connectivity index (χ1n) is 18.9. The highest BCUT2D eigenvalue weighted by atomic mass is 16.5. The van der Waals surface area contributed by atoms with Gasteiger partial charge in [0.05, 0.1) is 18.8 Å². The largest absolute Gasteiger partial charge is 0.379 e. The highest BCUT2D eigenvalue weighted by Crippen LogP contribution is 2.30. The van der Waals surface area contributed by atoms with Gasteiger partial charge in [0.15, 0.2) is 0 Å². The van der Waals surface area contributed by atoms with Gasteiger partial charge in [0, 0.05) is 50.5 Å². The number of morpholine rings is 1. The molecule has 47 heavy (non-hydrogen) atoms. The SMILES string of the molecule is CCCCCCCCCCCCCC(=O)Nc1ccc(N2CCC(Cc3ccccc3)CC2)c(C(=O)NCCCN2CCOCC2)c1. The molecule has 7 heteroatoms. The maximum Gasteiger partial charge on any atom is 0.253 e. The van der Waals surface area contributed by atoms with Crippen LogP contribution < -0.4 is 15.5 Å². The Kier molecular flexibility index (Phi) is 17.2. The molecular weight excluding hydrogens is 584 g/mol. The second-order valence-corrected chi connectivity index (χ2v) is 13.7. The normalized spacial score (nSPS) is 15.9.